The molecule has 0 atom stereocenters. The highest BCUT2D eigenvalue weighted by atomic mass is 79.9. The SMILES string of the molecule is CC(=O)N1CCC(N(C)C2(c3cccc(Br)c3)COC2)CC1. The van der Waals surface area contributed by atoms with Crippen LogP contribution in [0.3, 0.4) is 0 Å². The molecule has 22 heavy (non-hydrogen) atoms. The minimum absolute atomic E-state index is 0.0210. The van der Waals surface area contributed by atoms with Crippen LogP contribution < -0.4 is 0 Å². The van der Waals surface area contributed by atoms with Crippen LogP contribution in [0.2, 0.25) is 0 Å². The molecule has 0 spiro atoms. The lowest BCUT2D eigenvalue weighted by atomic mass is 9.84. The molecule has 0 N–H and O–H groups in total. The van der Waals surface area contributed by atoms with Crippen LogP contribution in [0.15, 0.2) is 28.7 Å². The van der Waals surface area contributed by atoms with Crippen molar-refractivity contribution in [2.75, 3.05) is 33.4 Å². The molecule has 0 aliphatic carbocycles. The molecule has 0 unspecified atom stereocenters. The van der Waals surface area contributed by atoms with E-state index in [4.69, 9.17) is 4.74 Å². The van der Waals surface area contributed by atoms with Crippen molar-refractivity contribution in [1.29, 1.82) is 0 Å². The summed E-state index contributed by atoms with van der Waals surface area (Å²) < 4.78 is 6.69. The number of likely N-dealkylation sites (tertiary alicyclic amines) is 1. The van der Waals surface area contributed by atoms with Gasteiger partial charge in [-0.15, -0.1) is 0 Å². The van der Waals surface area contributed by atoms with Crippen molar-refractivity contribution >= 4 is 21.8 Å². The lowest BCUT2D eigenvalue weighted by Crippen LogP contribution is -2.62. The summed E-state index contributed by atoms with van der Waals surface area (Å²) in [6.07, 6.45) is 2.07. The molecule has 3 rings (SSSR count). The maximum absolute atomic E-state index is 11.5. The van der Waals surface area contributed by atoms with Crippen molar-refractivity contribution in [2.24, 2.45) is 0 Å². The topological polar surface area (TPSA) is 32.8 Å². The Morgan fingerprint density at radius 1 is 1.36 bits per heavy atom. The molecule has 5 heteroatoms. The summed E-state index contributed by atoms with van der Waals surface area (Å²) in [5.74, 6) is 0.190. The van der Waals surface area contributed by atoms with Crippen LogP contribution in [0.1, 0.15) is 25.3 Å². The standard InChI is InChI=1S/C17H23BrN2O2/c1-13(21)20-8-6-16(7-9-20)19(2)17(11-22-12-17)14-4-3-5-15(18)10-14/h3-5,10,16H,6-9,11-12H2,1-2H3. The highest BCUT2D eigenvalue weighted by molar-refractivity contribution is 9.10. The summed E-state index contributed by atoms with van der Waals surface area (Å²) >= 11 is 3.57. The zero-order chi connectivity index (χ0) is 15.7. The molecule has 1 amide bonds. The lowest BCUT2D eigenvalue weighted by Gasteiger charge is -2.52. The van der Waals surface area contributed by atoms with Gasteiger partial charge in [0.25, 0.3) is 0 Å². The van der Waals surface area contributed by atoms with Crippen LogP contribution in [0, 0.1) is 0 Å². The monoisotopic (exact) mass is 366 g/mol. The Hall–Kier alpha value is -0.910. The number of amides is 1. The first-order valence-electron chi connectivity index (χ1n) is 7.85. The van der Waals surface area contributed by atoms with Gasteiger partial charge in [0.05, 0.1) is 18.8 Å². The maximum atomic E-state index is 11.5. The Morgan fingerprint density at radius 3 is 2.55 bits per heavy atom. The molecule has 0 aromatic heterocycles. The molecule has 4 nitrogen and oxygen atoms in total. The Bertz CT molecular complexity index is 551. The van der Waals surface area contributed by atoms with Crippen molar-refractivity contribution in [2.45, 2.75) is 31.3 Å². The summed E-state index contributed by atoms with van der Waals surface area (Å²) in [6.45, 7) is 4.87. The third-order valence-corrected chi connectivity index (χ3v) is 5.67. The van der Waals surface area contributed by atoms with E-state index < -0.39 is 0 Å². The van der Waals surface area contributed by atoms with Gasteiger partial charge in [0, 0.05) is 30.5 Å². The first-order chi connectivity index (χ1) is 10.5. The second-order valence-electron chi connectivity index (χ2n) is 6.38. The van der Waals surface area contributed by atoms with Gasteiger partial charge < -0.3 is 9.64 Å². The van der Waals surface area contributed by atoms with Gasteiger partial charge in [-0.1, -0.05) is 28.1 Å². The van der Waals surface area contributed by atoms with Gasteiger partial charge in [0.2, 0.25) is 5.91 Å². The molecule has 2 saturated heterocycles. The highest BCUT2D eigenvalue weighted by Gasteiger charge is 2.46. The van der Waals surface area contributed by atoms with Crippen molar-refractivity contribution in [1.82, 2.24) is 9.80 Å². The van der Waals surface area contributed by atoms with Gasteiger partial charge in [0.1, 0.15) is 0 Å². The fourth-order valence-electron chi connectivity index (χ4n) is 3.56. The van der Waals surface area contributed by atoms with Crippen molar-refractivity contribution in [3.63, 3.8) is 0 Å². The molecule has 2 aliphatic heterocycles. The number of nitrogens with zero attached hydrogens (tertiary/aromatic N) is 2. The summed E-state index contributed by atoms with van der Waals surface area (Å²) in [7, 11) is 2.21. The number of carbonyl (C=O) groups excluding carboxylic acids is 1. The molecule has 2 fully saturated rings. The minimum atomic E-state index is -0.0210. The van der Waals surface area contributed by atoms with Gasteiger partial charge in [0.15, 0.2) is 0 Å². The van der Waals surface area contributed by atoms with Crippen LogP contribution in [0.4, 0.5) is 0 Å². The second kappa shape index (κ2) is 6.30. The third kappa shape index (κ3) is 2.82. The van der Waals surface area contributed by atoms with Crippen molar-refractivity contribution in [3.8, 4) is 0 Å². The fraction of sp³-hybridized carbons (Fsp3) is 0.588. The number of piperidine rings is 1. The average Bonchev–Trinajstić information content (AvgIpc) is 2.46. The van der Waals surface area contributed by atoms with Crippen LogP contribution >= 0.6 is 15.9 Å². The Balaban J connectivity index is 1.75. The minimum Gasteiger partial charge on any atom is -0.377 e. The smallest absolute Gasteiger partial charge is 0.219 e. The molecule has 1 aromatic rings. The summed E-state index contributed by atoms with van der Waals surface area (Å²) in [4.78, 5) is 15.9. The van der Waals surface area contributed by atoms with Crippen LogP contribution in [0.25, 0.3) is 0 Å². The second-order valence-corrected chi connectivity index (χ2v) is 7.30. The quantitative estimate of drug-likeness (QED) is 0.824. The first-order valence-corrected chi connectivity index (χ1v) is 8.64. The predicted molar refractivity (Wildman–Crippen MR) is 89.7 cm³/mol. The number of hydrogen-bond acceptors (Lipinski definition) is 3. The molecule has 120 valence electrons. The summed E-state index contributed by atoms with van der Waals surface area (Å²) in [6, 6.07) is 9.03. The molecular weight excluding hydrogens is 344 g/mol. The van der Waals surface area contributed by atoms with Crippen LogP contribution in [-0.2, 0) is 15.1 Å². The van der Waals surface area contributed by atoms with E-state index in [1.165, 1.54) is 5.56 Å². The Morgan fingerprint density at radius 2 is 2.05 bits per heavy atom. The molecule has 2 aliphatic rings. The zero-order valence-corrected chi connectivity index (χ0v) is 14.8. The molecule has 0 saturated carbocycles. The van der Waals surface area contributed by atoms with Crippen molar-refractivity contribution < 1.29 is 9.53 Å². The van der Waals surface area contributed by atoms with E-state index in [0.717, 1.165) is 43.6 Å². The number of halogens is 1. The zero-order valence-electron chi connectivity index (χ0n) is 13.2. The van der Waals surface area contributed by atoms with E-state index in [-0.39, 0.29) is 11.4 Å². The largest absolute Gasteiger partial charge is 0.377 e. The van der Waals surface area contributed by atoms with E-state index in [1.807, 2.05) is 4.90 Å². The number of benzene rings is 1. The number of likely N-dealkylation sites (N-methyl/N-ethyl adjacent to an activating group) is 1. The van der Waals surface area contributed by atoms with Crippen LogP contribution in [0.5, 0.6) is 0 Å². The lowest BCUT2D eigenvalue weighted by molar-refractivity contribution is -0.157. The van der Waals surface area contributed by atoms with Gasteiger partial charge in [-0.05, 0) is 37.6 Å². The van der Waals surface area contributed by atoms with Gasteiger partial charge in [-0.25, -0.2) is 0 Å². The molecule has 0 radical (unpaired) electrons. The van der Waals surface area contributed by atoms with E-state index in [0.29, 0.717) is 6.04 Å². The average molecular weight is 367 g/mol. The Labute approximate surface area is 140 Å². The first kappa shape index (κ1) is 16.0. The van der Waals surface area contributed by atoms with Crippen molar-refractivity contribution in [3.05, 3.63) is 34.3 Å². The van der Waals surface area contributed by atoms with E-state index in [2.05, 4.69) is 52.1 Å². The number of rotatable bonds is 3. The van der Waals surface area contributed by atoms with Gasteiger partial charge in [-0.3, -0.25) is 9.69 Å². The number of carbonyl (C=O) groups is 1. The predicted octanol–water partition coefficient (Wildman–Crippen LogP) is 2.62. The Kier molecular flexibility index (Phi) is 4.57. The van der Waals surface area contributed by atoms with E-state index in [1.54, 1.807) is 6.92 Å². The van der Waals surface area contributed by atoms with Gasteiger partial charge in [-0.2, -0.15) is 0 Å². The van der Waals surface area contributed by atoms with E-state index >= 15 is 0 Å². The number of ether oxygens (including phenoxy) is 1. The summed E-state index contributed by atoms with van der Waals surface area (Å²) in [5.41, 5.74) is 1.29. The fourth-order valence-corrected chi connectivity index (χ4v) is 3.96. The summed E-state index contributed by atoms with van der Waals surface area (Å²) in [5, 5.41) is 0. The van der Waals surface area contributed by atoms with E-state index in [9.17, 15) is 4.79 Å². The molecule has 2 heterocycles. The molecular formula is C17H23BrN2O2. The third-order valence-electron chi connectivity index (χ3n) is 5.18. The highest BCUT2D eigenvalue weighted by Crippen LogP contribution is 2.39. The maximum Gasteiger partial charge on any atom is 0.219 e. The normalized spacial score (nSPS) is 21.7. The number of hydrogen-bond donors (Lipinski definition) is 0. The molecule has 1 aromatic carbocycles. The molecule has 0 bridgehead atoms. The van der Waals surface area contributed by atoms with Crippen LogP contribution in [-0.4, -0.2) is 55.1 Å². The van der Waals surface area contributed by atoms with Gasteiger partial charge >= 0.3 is 0 Å².